The van der Waals surface area contributed by atoms with Crippen molar-refractivity contribution in [2.45, 2.75) is 6.23 Å². The van der Waals surface area contributed by atoms with Crippen molar-refractivity contribution >= 4 is 0 Å². The van der Waals surface area contributed by atoms with E-state index in [0.29, 0.717) is 6.54 Å². The monoisotopic (exact) mass is 89.1 g/mol. The standard InChI is InChI=1S/C2H7N3O/c6-2-1-3-5-4-2/h2-6H,1H2. The number of aliphatic hydroxyl groups is 1. The smallest absolute Gasteiger partial charge is 0.132 e. The molecule has 1 aliphatic rings. The predicted molar refractivity (Wildman–Crippen MR) is 20.3 cm³/mol. The maximum atomic E-state index is 8.49. The van der Waals surface area contributed by atoms with Crippen molar-refractivity contribution in [3.63, 3.8) is 0 Å². The van der Waals surface area contributed by atoms with Gasteiger partial charge in [0.25, 0.3) is 0 Å². The molecule has 1 heterocycles. The number of β-amino-alcohol motifs (C(OH)–C–C–N with tert-alkyl or cyclic N) is 1. The van der Waals surface area contributed by atoms with Gasteiger partial charge in [-0.3, -0.25) is 0 Å². The van der Waals surface area contributed by atoms with Crippen molar-refractivity contribution in [1.29, 1.82) is 0 Å². The molecule has 1 fully saturated rings. The molecule has 1 saturated heterocycles. The summed E-state index contributed by atoms with van der Waals surface area (Å²) in [7, 11) is 0. The van der Waals surface area contributed by atoms with Gasteiger partial charge in [0.2, 0.25) is 0 Å². The van der Waals surface area contributed by atoms with E-state index in [2.05, 4.69) is 16.4 Å². The number of aliphatic hydroxyl groups excluding tert-OH is 1. The van der Waals surface area contributed by atoms with Crippen LogP contribution in [-0.2, 0) is 0 Å². The third-order valence-corrected chi connectivity index (χ3v) is 0.623. The summed E-state index contributed by atoms with van der Waals surface area (Å²) in [5.41, 5.74) is 7.70. The van der Waals surface area contributed by atoms with Crippen LogP contribution in [-0.4, -0.2) is 17.9 Å². The van der Waals surface area contributed by atoms with E-state index in [1.54, 1.807) is 0 Å². The highest BCUT2D eigenvalue weighted by molar-refractivity contribution is 4.54. The molecular formula is C2H7N3O. The molecule has 0 spiro atoms. The van der Waals surface area contributed by atoms with E-state index in [1.165, 1.54) is 0 Å². The number of hydrogen-bond acceptors (Lipinski definition) is 4. The molecule has 4 heteroatoms. The van der Waals surface area contributed by atoms with Crippen LogP contribution in [0.15, 0.2) is 0 Å². The van der Waals surface area contributed by atoms with Crippen LogP contribution in [0.25, 0.3) is 0 Å². The first-order valence-electron chi connectivity index (χ1n) is 1.81. The predicted octanol–water partition coefficient (Wildman–Crippen LogP) is -2.08. The van der Waals surface area contributed by atoms with Gasteiger partial charge < -0.3 is 5.11 Å². The van der Waals surface area contributed by atoms with Crippen molar-refractivity contribution < 1.29 is 5.11 Å². The fourth-order valence-electron chi connectivity index (χ4n) is 0.333. The lowest BCUT2D eigenvalue weighted by Crippen LogP contribution is -2.33. The van der Waals surface area contributed by atoms with Crippen molar-refractivity contribution in [3.8, 4) is 0 Å². The van der Waals surface area contributed by atoms with Gasteiger partial charge in [-0.15, -0.1) is 0 Å². The van der Waals surface area contributed by atoms with Crippen LogP contribution in [0.4, 0.5) is 0 Å². The first-order valence-corrected chi connectivity index (χ1v) is 1.81. The molecule has 0 aliphatic carbocycles. The summed E-state index contributed by atoms with van der Waals surface area (Å²) in [6.07, 6.45) is -0.426. The molecule has 0 amide bonds. The summed E-state index contributed by atoms with van der Waals surface area (Å²) in [5.74, 6) is 0. The fourth-order valence-corrected chi connectivity index (χ4v) is 0.333. The topological polar surface area (TPSA) is 56.3 Å². The molecule has 0 radical (unpaired) electrons. The van der Waals surface area contributed by atoms with E-state index in [-0.39, 0.29) is 0 Å². The Kier molecular flexibility index (Phi) is 1.02. The van der Waals surface area contributed by atoms with E-state index < -0.39 is 6.23 Å². The van der Waals surface area contributed by atoms with Gasteiger partial charge in [-0.05, 0) is 0 Å². The van der Waals surface area contributed by atoms with Gasteiger partial charge in [-0.25, -0.2) is 10.9 Å². The zero-order valence-electron chi connectivity index (χ0n) is 3.23. The van der Waals surface area contributed by atoms with Gasteiger partial charge in [0, 0.05) is 0 Å². The van der Waals surface area contributed by atoms with Gasteiger partial charge in [0.1, 0.15) is 6.23 Å². The van der Waals surface area contributed by atoms with Gasteiger partial charge >= 0.3 is 0 Å². The molecule has 1 unspecified atom stereocenters. The van der Waals surface area contributed by atoms with Crippen LogP contribution < -0.4 is 16.4 Å². The number of rotatable bonds is 0. The lowest BCUT2D eigenvalue weighted by atomic mass is 10.6. The average molecular weight is 89.1 g/mol. The number of hydrazine groups is 2. The lowest BCUT2D eigenvalue weighted by molar-refractivity contribution is 0.165. The molecule has 1 atom stereocenters. The van der Waals surface area contributed by atoms with E-state index in [9.17, 15) is 0 Å². The van der Waals surface area contributed by atoms with Crippen LogP contribution in [0.2, 0.25) is 0 Å². The molecule has 0 aromatic rings. The van der Waals surface area contributed by atoms with Crippen LogP contribution in [0.5, 0.6) is 0 Å². The third kappa shape index (κ3) is 0.662. The van der Waals surface area contributed by atoms with Crippen LogP contribution in [0.3, 0.4) is 0 Å². The lowest BCUT2D eigenvalue weighted by Gasteiger charge is -1.92. The number of hydrogen-bond donors (Lipinski definition) is 4. The van der Waals surface area contributed by atoms with Gasteiger partial charge in [-0.2, -0.15) is 5.53 Å². The first kappa shape index (κ1) is 4.01. The Labute approximate surface area is 35.5 Å². The minimum atomic E-state index is -0.426. The molecular weight excluding hydrogens is 82.0 g/mol. The Bertz CT molecular complexity index is 42.1. The van der Waals surface area contributed by atoms with Crippen LogP contribution in [0.1, 0.15) is 0 Å². The van der Waals surface area contributed by atoms with Gasteiger partial charge in [0.15, 0.2) is 0 Å². The quantitative estimate of drug-likeness (QED) is 0.275. The zero-order valence-corrected chi connectivity index (χ0v) is 3.23. The third-order valence-electron chi connectivity index (χ3n) is 0.623. The van der Waals surface area contributed by atoms with Crippen molar-refractivity contribution in [2.75, 3.05) is 6.54 Å². The second kappa shape index (κ2) is 1.53. The summed E-state index contributed by atoms with van der Waals surface area (Å²) >= 11 is 0. The Morgan fingerprint density at radius 1 is 1.67 bits per heavy atom. The summed E-state index contributed by atoms with van der Waals surface area (Å²) in [6.45, 7) is 0.569. The molecule has 0 aromatic carbocycles. The second-order valence-corrected chi connectivity index (χ2v) is 1.17. The van der Waals surface area contributed by atoms with Gasteiger partial charge in [0.05, 0.1) is 6.54 Å². The van der Waals surface area contributed by atoms with Gasteiger partial charge in [-0.1, -0.05) is 0 Å². The zero-order chi connectivity index (χ0) is 4.41. The highest BCUT2D eigenvalue weighted by Crippen LogP contribution is 1.71. The Balaban J connectivity index is 2.18. The highest BCUT2D eigenvalue weighted by Gasteiger charge is 2.05. The van der Waals surface area contributed by atoms with E-state index in [4.69, 9.17) is 5.11 Å². The minimum absolute atomic E-state index is 0.426. The molecule has 4 N–H and O–H groups in total. The summed E-state index contributed by atoms with van der Waals surface area (Å²) in [6, 6.07) is 0. The largest absolute Gasteiger partial charge is 0.376 e. The average Bonchev–Trinajstić information content (AvgIpc) is 1.86. The van der Waals surface area contributed by atoms with E-state index >= 15 is 0 Å². The normalized spacial score (nSPS) is 34.5. The van der Waals surface area contributed by atoms with Crippen molar-refractivity contribution in [3.05, 3.63) is 0 Å². The van der Waals surface area contributed by atoms with Crippen molar-refractivity contribution in [2.24, 2.45) is 0 Å². The maximum absolute atomic E-state index is 8.49. The summed E-state index contributed by atoms with van der Waals surface area (Å²) in [5, 5.41) is 8.49. The first-order chi connectivity index (χ1) is 2.89. The Morgan fingerprint density at radius 3 is 2.67 bits per heavy atom. The molecule has 4 nitrogen and oxygen atoms in total. The molecule has 6 heavy (non-hydrogen) atoms. The SMILES string of the molecule is OC1CNNN1. The molecule has 0 saturated carbocycles. The summed E-state index contributed by atoms with van der Waals surface area (Å²) in [4.78, 5) is 0. The van der Waals surface area contributed by atoms with Crippen molar-refractivity contribution in [1.82, 2.24) is 16.4 Å². The van der Waals surface area contributed by atoms with Crippen LogP contribution in [0, 0.1) is 0 Å². The Morgan fingerprint density at radius 2 is 2.50 bits per heavy atom. The highest BCUT2D eigenvalue weighted by atomic mass is 16.3. The Hall–Kier alpha value is -0.160. The second-order valence-electron chi connectivity index (χ2n) is 1.17. The summed E-state index contributed by atoms with van der Waals surface area (Å²) < 4.78 is 0. The number of nitrogens with one attached hydrogen (secondary N) is 3. The molecule has 0 aromatic heterocycles. The molecule has 36 valence electrons. The van der Waals surface area contributed by atoms with E-state index in [1.807, 2.05) is 0 Å². The minimum Gasteiger partial charge on any atom is -0.376 e. The molecule has 1 aliphatic heterocycles. The molecule has 0 bridgehead atoms. The maximum Gasteiger partial charge on any atom is 0.132 e. The van der Waals surface area contributed by atoms with Crippen LogP contribution >= 0.6 is 0 Å². The van der Waals surface area contributed by atoms with E-state index in [0.717, 1.165) is 0 Å². The fraction of sp³-hybridized carbons (Fsp3) is 1.00. The molecule has 1 rings (SSSR count).